The van der Waals surface area contributed by atoms with Crippen LogP contribution in [0.15, 0.2) is 18.5 Å². The average molecular weight is 449 g/mol. The van der Waals surface area contributed by atoms with Crippen LogP contribution >= 0.6 is 0 Å². The molecular formula is C25H29FN6O. The molecule has 2 aromatic heterocycles. The molecule has 9 rings (SSSR count). The van der Waals surface area contributed by atoms with Crippen LogP contribution in [0.2, 0.25) is 0 Å². The Balaban J connectivity index is 0.816. The fourth-order valence-corrected chi connectivity index (χ4v) is 7.86. The van der Waals surface area contributed by atoms with Gasteiger partial charge in [0, 0.05) is 49.6 Å². The van der Waals surface area contributed by atoms with Crippen molar-refractivity contribution in [2.24, 2.45) is 16.7 Å². The van der Waals surface area contributed by atoms with Gasteiger partial charge in [-0.2, -0.15) is 5.10 Å². The van der Waals surface area contributed by atoms with E-state index in [1.165, 1.54) is 19.0 Å². The van der Waals surface area contributed by atoms with Gasteiger partial charge in [0.1, 0.15) is 11.6 Å². The SMILES string of the molecule is O=C(N1CC(C23CC(c4cncc(F)c4)(C2)C3)C1)N1CC2(CC(c3nc(C4CC4)n[nH]3)C2)C1. The molecular weight excluding hydrogens is 419 g/mol. The lowest BCUT2D eigenvalue weighted by Gasteiger charge is -2.76. The first-order valence-electron chi connectivity index (χ1n) is 12.5. The van der Waals surface area contributed by atoms with E-state index in [2.05, 4.69) is 15.2 Å². The molecule has 2 saturated heterocycles. The number of rotatable bonds is 4. The van der Waals surface area contributed by atoms with Crippen LogP contribution in [-0.2, 0) is 5.41 Å². The summed E-state index contributed by atoms with van der Waals surface area (Å²) in [5.74, 6) is 3.52. The van der Waals surface area contributed by atoms with Crippen LogP contribution in [0.3, 0.4) is 0 Å². The van der Waals surface area contributed by atoms with Crippen molar-refractivity contribution in [3.63, 3.8) is 0 Å². The van der Waals surface area contributed by atoms with E-state index in [4.69, 9.17) is 4.98 Å². The molecule has 7 aliphatic rings. The van der Waals surface area contributed by atoms with E-state index in [9.17, 15) is 9.18 Å². The van der Waals surface area contributed by atoms with Crippen molar-refractivity contribution in [2.45, 2.75) is 62.2 Å². The molecule has 2 aliphatic heterocycles. The van der Waals surface area contributed by atoms with Crippen LogP contribution in [0.25, 0.3) is 0 Å². The van der Waals surface area contributed by atoms with Crippen molar-refractivity contribution in [2.75, 3.05) is 26.2 Å². The van der Waals surface area contributed by atoms with Gasteiger partial charge in [-0.1, -0.05) is 0 Å². The smallest absolute Gasteiger partial charge is 0.320 e. The molecule has 4 heterocycles. The van der Waals surface area contributed by atoms with Crippen molar-refractivity contribution in [3.05, 3.63) is 41.5 Å². The van der Waals surface area contributed by atoms with E-state index in [1.807, 2.05) is 16.0 Å². The number of halogens is 1. The van der Waals surface area contributed by atoms with Crippen LogP contribution in [-0.4, -0.2) is 62.2 Å². The zero-order chi connectivity index (χ0) is 22.0. The number of aromatic amines is 1. The topological polar surface area (TPSA) is 78.0 Å². The summed E-state index contributed by atoms with van der Waals surface area (Å²) in [6.07, 6.45) is 11.2. The molecule has 7 fully saturated rings. The summed E-state index contributed by atoms with van der Waals surface area (Å²) >= 11 is 0. The summed E-state index contributed by atoms with van der Waals surface area (Å²) in [5, 5.41) is 7.56. The number of H-pyrrole nitrogens is 1. The Morgan fingerprint density at radius 2 is 1.82 bits per heavy atom. The zero-order valence-electron chi connectivity index (χ0n) is 18.8. The van der Waals surface area contributed by atoms with E-state index in [0.29, 0.717) is 28.6 Å². The highest BCUT2D eigenvalue weighted by atomic mass is 19.1. The fourth-order valence-electron chi connectivity index (χ4n) is 7.86. The number of nitrogens with zero attached hydrogens (tertiary/aromatic N) is 5. The summed E-state index contributed by atoms with van der Waals surface area (Å²) in [6, 6.07) is 1.89. The van der Waals surface area contributed by atoms with Crippen LogP contribution in [0.1, 0.15) is 74.0 Å². The predicted octanol–water partition coefficient (Wildman–Crippen LogP) is 3.57. The number of nitrogens with one attached hydrogen (secondary N) is 1. The molecule has 0 radical (unpaired) electrons. The first kappa shape index (κ1) is 18.9. The molecule has 7 nitrogen and oxygen atoms in total. The van der Waals surface area contributed by atoms with Crippen molar-refractivity contribution in [3.8, 4) is 0 Å². The molecule has 1 spiro atoms. The van der Waals surface area contributed by atoms with E-state index in [-0.39, 0.29) is 17.3 Å². The Morgan fingerprint density at radius 1 is 1.06 bits per heavy atom. The van der Waals surface area contributed by atoms with Gasteiger partial charge in [0.25, 0.3) is 0 Å². The van der Waals surface area contributed by atoms with Gasteiger partial charge >= 0.3 is 6.03 Å². The highest BCUT2D eigenvalue weighted by Crippen LogP contribution is 2.77. The molecule has 8 heteroatoms. The molecule has 2 aromatic rings. The molecule has 0 atom stereocenters. The van der Waals surface area contributed by atoms with Crippen molar-refractivity contribution < 1.29 is 9.18 Å². The molecule has 5 aliphatic carbocycles. The second-order valence-corrected chi connectivity index (χ2v) is 12.3. The van der Waals surface area contributed by atoms with Gasteiger partial charge in [0.2, 0.25) is 0 Å². The summed E-state index contributed by atoms with van der Waals surface area (Å²) in [7, 11) is 0. The lowest BCUT2D eigenvalue weighted by molar-refractivity contribution is -0.208. The number of hydrogen-bond donors (Lipinski definition) is 1. The van der Waals surface area contributed by atoms with Crippen molar-refractivity contribution in [1.82, 2.24) is 30.0 Å². The third-order valence-electron chi connectivity index (χ3n) is 9.94. The summed E-state index contributed by atoms with van der Waals surface area (Å²) in [4.78, 5) is 25.8. The zero-order valence-corrected chi connectivity index (χ0v) is 18.8. The summed E-state index contributed by atoms with van der Waals surface area (Å²) in [6.45, 7) is 3.58. The number of pyridine rings is 1. The third-order valence-corrected chi connectivity index (χ3v) is 9.94. The van der Waals surface area contributed by atoms with Crippen molar-refractivity contribution in [1.29, 1.82) is 0 Å². The molecule has 1 N–H and O–H groups in total. The number of hydrogen-bond acceptors (Lipinski definition) is 4. The van der Waals surface area contributed by atoms with E-state index in [0.717, 1.165) is 75.5 Å². The first-order valence-corrected chi connectivity index (χ1v) is 12.5. The normalized spacial score (nSPS) is 34.2. The highest BCUT2D eigenvalue weighted by molar-refractivity contribution is 5.76. The van der Waals surface area contributed by atoms with Crippen LogP contribution in [0.4, 0.5) is 9.18 Å². The van der Waals surface area contributed by atoms with Crippen LogP contribution in [0, 0.1) is 22.6 Å². The van der Waals surface area contributed by atoms with Crippen LogP contribution in [0.5, 0.6) is 0 Å². The van der Waals surface area contributed by atoms with Gasteiger partial charge in [0.15, 0.2) is 5.82 Å². The molecule has 33 heavy (non-hydrogen) atoms. The van der Waals surface area contributed by atoms with Crippen molar-refractivity contribution >= 4 is 6.03 Å². The minimum absolute atomic E-state index is 0.160. The van der Waals surface area contributed by atoms with E-state index in [1.54, 1.807) is 6.07 Å². The predicted molar refractivity (Wildman–Crippen MR) is 117 cm³/mol. The second-order valence-electron chi connectivity index (χ2n) is 12.3. The summed E-state index contributed by atoms with van der Waals surface area (Å²) < 4.78 is 13.6. The largest absolute Gasteiger partial charge is 0.324 e. The van der Waals surface area contributed by atoms with Gasteiger partial charge in [-0.25, -0.2) is 14.2 Å². The number of aromatic nitrogens is 4. The summed E-state index contributed by atoms with van der Waals surface area (Å²) in [5.41, 5.74) is 1.93. The first-order chi connectivity index (χ1) is 15.9. The molecule has 0 unspecified atom stereocenters. The number of carbonyl (C=O) groups excluding carboxylic acids is 1. The maximum atomic E-state index is 13.6. The van der Waals surface area contributed by atoms with Gasteiger partial charge in [-0.15, -0.1) is 0 Å². The number of likely N-dealkylation sites (tertiary alicyclic amines) is 2. The minimum atomic E-state index is -0.236. The monoisotopic (exact) mass is 448 g/mol. The number of amides is 2. The Kier molecular flexibility index (Phi) is 3.39. The Morgan fingerprint density at radius 3 is 2.52 bits per heavy atom. The number of carbonyl (C=O) groups is 1. The maximum absolute atomic E-state index is 13.6. The number of urea groups is 1. The lowest BCUT2D eigenvalue weighted by atomic mass is 9.30. The maximum Gasteiger partial charge on any atom is 0.320 e. The van der Waals surface area contributed by atoms with Gasteiger partial charge in [-0.3, -0.25) is 10.1 Å². The van der Waals surface area contributed by atoms with Gasteiger partial charge < -0.3 is 9.80 Å². The standard InChI is InChI=1S/C25H29FN6O/c26-19-3-17(6-27-7-19)24-10-25(11-24,12-24)18-8-31(9-18)22(33)32-13-23(14-32)4-16(5-23)21-28-20(29-30-21)15-1-2-15/h3,6-7,15-16,18H,1-2,4-5,8-14H2,(H,28,29,30). The Labute approximate surface area is 192 Å². The van der Waals surface area contributed by atoms with Crippen LogP contribution < -0.4 is 0 Å². The van der Waals surface area contributed by atoms with Gasteiger partial charge in [-0.05, 0) is 73.3 Å². The quantitative estimate of drug-likeness (QED) is 0.776. The molecule has 5 saturated carbocycles. The minimum Gasteiger partial charge on any atom is -0.324 e. The molecule has 2 amide bonds. The highest BCUT2D eigenvalue weighted by Gasteiger charge is 2.72. The second kappa shape index (κ2) is 5.94. The van der Waals surface area contributed by atoms with E-state index < -0.39 is 0 Å². The van der Waals surface area contributed by atoms with E-state index >= 15 is 0 Å². The molecule has 2 bridgehead atoms. The van der Waals surface area contributed by atoms with Gasteiger partial charge in [0.05, 0.1) is 6.20 Å². The Hall–Kier alpha value is -2.51. The molecule has 0 aromatic carbocycles. The fraction of sp³-hybridized carbons (Fsp3) is 0.680. The average Bonchev–Trinajstić information content (AvgIpc) is 3.37. The lowest BCUT2D eigenvalue weighted by Crippen LogP contribution is -2.74. The Bertz CT molecular complexity index is 1130. The third kappa shape index (κ3) is 2.55. The molecule has 172 valence electrons.